The van der Waals surface area contributed by atoms with Crippen molar-refractivity contribution in [3.8, 4) is 17.6 Å². The van der Waals surface area contributed by atoms with Crippen molar-refractivity contribution in [3.63, 3.8) is 0 Å². The highest BCUT2D eigenvalue weighted by molar-refractivity contribution is 9.10. The molecule has 2 nitrogen and oxygen atoms in total. The summed E-state index contributed by atoms with van der Waals surface area (Å²) in [6.07, 6.45) is 0. The SMILES string of the molecule is COc1ccccc1C#CC(=O)c1ccc(C)cc1Br. The third kappa shape index (κ3) is 3.28. The fourth-order valence-corrected chi connectivity index (χ4v) is 2.42. The molecule has 100 valence electrons. The van der Waals surface area contributed by atoms with E-state index in [0.29, 0.717) is 16.9 Å². The van der Waals surface area contributed by atoms with Crippen LogP contribution in [0.2, 0.25) is 0 Å². The summed E-state index contributed by atoms with van der Waals surface area (Å²) in [5, 5.41) is 0. The van der Waals surface area contributed by atoms with E-state index in [2.05, 4.69) is 27.8 Å². The van der Waals surface area contributed by atoms with Gasteiger partial charge in [0.05, 0.1) is 12.7 Å². The standard InChI is InChI=1S/C17H13BrO2/c1-12-7-9-14(15(18)11-12)16(19)10-8-13-5-3-4-6-17(13)20-2/h3-7,9,11H,1-2H3. The van der Waals surface area contributed by atoms with Crippen molar-refractivity contribution >= 4 is 21.7 Å². The molecule has 0 bridgehead atoms. The molecule has 0 heterocycles. The summed E-state index contributed by atoms with van der Waals surface area (Å²) in [7, 11) is 1.58. The van der Waals surface area contributed by atoms with Gasteiger partial charge in [-0.2, -0.15) is 0 Å². The second-order valence-corrected chi connectivity index (χ2v) is 5.12. The normalized spacial score (nSPS) is 9.55. The van der Waals surface area contributed by atoms with E-state index in [1.807, 2.05) is 43.3 Å². The summed E-state index contributed by atoms with van der Waals surface area (Å²) in [6, 6.07) is 12.9. The Bertz CT molecular complexity index is 708. The lowest BCUT2D eigenvalue weighted by atomic mass is 10.1. The Morgan fingerprint density at radius 1 is 1.20 bits per heavy atom. The molecular formula is C17H13BrO2. The molecule has 2 aromatic carbocycles. The fourth-order valence-electron chi connectivity index (χ4n) is 1.74. The first kappa shape index (κ1) is 14.4. The van der Waals surface area contributed by atoms with Gasteiger partial charge in [0.1, 0.15) is 5.75 Å². The Morgan fingerprint density at radius 3 is 2.65 bits per heavy atom. The van der Waals surface area contributed by atoms with Crippen LogP contribution in [0, 0.1) is 18.8 Å². The predicted molar refractivity (Wildman–Crippen MR) is 83.1 cm³/mol. The fraction of sp³-hybridized carbons (Fsp3) is 0.118. The minimum atomic E-state index is -0.220. The highest BCUT2D eigenvalue weighted by Crippen LogP contribution is 2.19. The molecule has 0 aliphatic heterocycles. The Labute approximate surface area is 126 Å². The molecule has 0 fully saturated rings. The van der Waals surface area contributed by atoms with E-state index >= 15 is 0 Å². The average molecular weight is 329 g/mol. The second kappa shape index (κ2) is 6.40. The molecule has 0 radical (unpaired) electrons. The maximum atomic E-state index is 12.1. The number of Topliss-reactive ketones (excluding diaryl/α,β-unsaturated/α-hetero) is 1. The maximum absolute atomic E-state index is 12.1. The zero-order valence-corrected chi connectivity index (χ0v) is 12.8. The van der Waals surface area contributed by atoms with Crippen molar-refractivity contribution in [2.45, 2.75) is 6.92 Å². The summed E-state index contributed by atoms with van der Waals surface area (Å²) >= 11 is 3.39. The van der Waals surface area contributed by atoms with Gasteiger partial charge in [0, 0.05) is 10.0 Å². The quantitative estimate of drug-likeness (QED) is 0.615. The predicted octanol–water partition coefficient (Wildman–Crippen LogP) is 4.00. The lowest BCUT2D eigenvalue weighted by Gasteiger charge is -2.01. The monoisotopic (exact) mass is 328 g/mol. The molecule has 3 heteroatoms. The van der Waals surface area contributed by atoms with Crippen LogP contribution < -0.4 is 4.74 Å². The van der Waals surface area contributed by atoms with E-state index in [0.717, 1.165) is 10.0 Å². The van der Waals surface area contributed by atoms with Gasteiger partial charge in [-0.1, -0.05) is 24.1 Å². The molecule has 0 saturated heterocycles. The van der Waals surface area contributed by atoms with Gasteiger partial charge in [0.25, 0.3) is 0 Å². The van der Waals surface area contributed by atoms with Crippen LogP contribution in [0.5, 0.6) is 5.75 Å². The van der Waals surface area contributed by atoms with Gasteiger partial charge in [-0.3, -0.25) is 4.79 Å². The first-order chi connectivity index (χ1) is 9.61. The van der Waals surface area contributed by atoms with Crippen molar-refractivity contribution in [2.75, 3.05) is 7.11 Å². The number of ether oxygens (including phenoxy) is 1. The summed E-state index contributed by atoms with van der Waals surface area (Å²) in [5.74, 6) is 5.95. The zero-order valence-electron chi connectivity index (χ0n) is 11.2. The van der Waals surface area contributed by atoms with E-state index in [9.17, 15) is 4.79 Å². The minimum absolute atomic E-state index is 0.220. The summed E-state index contributed by atoms with van der Waals surface area (Å²) < 4.78 is 5.96. The molecule has 2 rings (SSSR count). The van der Waals surface area contributed by atoms with Crippen LogP contribution in [0.4, 0.5) is 0 Å². The van der Waals surface area contributed by atoms with E-state index in [-0.39, 0.29) is 5.78 Å². The highest BCUT2D eigenvalue weighted by Gasteiger charge is 2.07. The number of hydrogen-bond donors (Lipinski definition) is 0. The van der Waals surface area contributed by atoms with Crippen LogP contribution in [0.25, 0.3) is 0 Å². The van der Waals surface area contributed by atoms with Crippen molar-refractivity contribution in [2.24, 2.45) is 0 Å². The number of para-hydroxylation sites is 1. The number of halogens is 1. The molecule has 0 amide bonds. The third-order valence-corrected chi connectivity index (χ3v) is 3.44. The lowest BCUT2D eigenvalue weighted by molar-refractivity contribution is 0.105. The molecule has 0 aromatic heterocycles. The Morgan fingerprint density at radius 2 is 1.95 bits per heavy atom. The first-order valence-corrected chi connectivity index (χ1v) is 6.86. The molecule has 0 atom stereocenters. The Hall–Kier alpha value is -2.05. The first-order valence-electron chi connectivity index (χ1n) is 6.07. The molecule has 0 N–H and O–H groups in total. The van der Waals surface area contributed by atoms with Crippen LogP contribution >= 0.6 is 15.9 Å². The van der Waals surface area contributed by atoms with Crippen molar-refractivity contribution in [1.29, 1.82) is 0 Å². The largest absolute Gasteiger partial charge is 0.495 e. The molecule has 2 aromatic rings. The van der Waals surface area contributed by atoms with E-state index < -0.39 is 0 Å². The van der Waals surface area contributed by atoms with Gasteiger partial charge in [-0.15, -0.1) is 0 Å². The number of methoxy groups -OCH3 is 1. The van der Waals surface area contributed by atoms with Crippen LogP contribution in [0.15, 0.2) is 46.9 Å². The Balaban J connectivity index is 2.31. The summed E-state index contributed by atoms with van der Waals surface area (Å²) in [5.41, 5.74) is 2.36. The van der Waals surface area contributed by atoms with Gasteiger partial charge < -0.3 is 4.74 Å². The van der Waals surface area contributed by atoms with Gasteiger partial charge in [-0.05, 0) is 58.6 Å². The minimum Gasteiger partial charge on any atom is -0.495 e. The molecular weight excluding hydrogens is 316 g/mol. The summed E-state index contributed by atoms with van der Waals surface area (Å²) in [4.78, 5) is 12.1. The van der Waals surface area contributed by atoms with Crippen LogP contribution in [-0.2, 0) is 0 Å². The van der Waals surface area contributed by atoms with Crippen molar-refractivity contribution in [3.05, 3.63) is 63.6 Å². The smallest absolute Gasteiger partial charge is 0.237 e. The molecule has 0 aliphatic rings. The lowest BCUT2D eigenvalue weighted by Crippen LogP contribution is -1.97. The number of hydrogen-bond acceptors (Lipinski definition) is 2. The van der Waals surface area contributed by atoms with Crippen LogP contribution in [0.3, 0.4) is 0 Å². The zero-order chi connectivity index (χ0) is 14.5. The van der Waals surface area contributed by atoms with Gasteiger partial charge in [-0.25, -0.2) is 0 Å². The van der Waals surface area contributed by atoms with Gasteiger partial charge >= 0.3 is 0 Å². The number of ketones is 1. The van der Waals surface area contributed by atoms with Crippen molar-refractivity contribution in [1.82, 2.24) is 0 Å². The van der Waals surface area contributed by atoms with Crippen LogP contribution in [-0.4, -0.2) is 12.9 Å². The maximum Gasteiger partial charge on any atom is 0.237 e. The van der Waals surface area contributed by atoms with Crippen LogP contribution in [0.1, 0.15) is 21.5 Å². The molecule has 0 aliphatic carbocycles. The second-order valence-electron chi connectivity index (χ2n) is 4.26. The van der Waals surface area contributed by atoms with Gasteiger partial charge in [0.2, 0.25) is 5.78 Å². The highest BCUT2D eigenvalue weighted by atomic mass is 79.9. The number of benzene rings is 2. The molecule has 0 unspecified atom stereocenters. The van der Waals surface area contributed by atoms with E-state index in [1.54, 1.807) is 13.2 Å². The molecule has 0 spiro atoms. The van der Waals surface area contributed by atoms with E-state index in [1.165, 1.54) is 0 Å². The van der Waals surface area contributed by atoms with E-state index in [4.69, 9.17) is 4.74 Å². The molecule has 0 saturated carbocycles. The average Bonchev–Trinajstić information content (AvgIpc) is 2.45. The topological polar surface area (TPSA) is 26.3 Å². The number of rotatable bonds is 2. The molecule has 20 heavy (non-hydrogen) atoms. The van der Waals surface area contributed by atoms with Gasteiger partial charge in [0.15, 0.2) is 0 Å². The van der Waals surface area contributed by atoms with Crippen molar-refractivity contribution < 1.29 is 9.53 Å². The summed E-state index contributed by atoms with van der Waals surface area (Å²) in [6.45, 7) is 1.97. The third-order valence-electron chi connectivity index (χ3n) is 2.79. The number of carbonyl (C=O) groups excluding carboxylic acids is 1. The Kier molecular flexibility index (Phi) is 4.60. The number of carbonyl (C=O) groups is 1. The number of aryl methyl sites for hydroxylation is 1.